The van der Waals surface area contributed by atoms with Crippen LogP contribution in [0.4, 0.5) is 13.2 Å². The summed E-state index contributed by atoms with van der Waals surface area (Å²) in [7, 11) is 0. The van der Waals surface area contributed by atoms with Gasteiger partial charge in [-0.2, -0.15) is 0 Å². The van der Waals surface area contributed by atoms with E-state index in [9.17, 15) is 18.0 Å². The fourth-order valence-corrected chi connectivity index (χ4v) is 2.71. The Morgan fingerprint density at radius 3 is 2.12 bits per heavy atom. The molecule has 0 amide bonds. The maximum Gasteiger partial charge on any atom is 0.200 e. The highest BCUT2D eigenvalue weighted by Gasteiger charge is 2.19. The van der Waals surface area contributed by atoms with Crippen LogP contribution in [0.5, 0.6) is 0 Å². The third-order valence-electron chi connectivity index (χ3n) is 3.38. The maximum atomic E-state index is 14.2. The number of hydrogen-bond acceptors (Lipinski definition) is 1. The van der Waals surface area contributed by atoms with Gasteiger partial charge in [0.2, 0.25) is 5.43 Å². The van der Waals surface area contributed by atoms with E-state index < -0.39 is 28.4 Å². The van der Waals surface area contributed by atoms with Crippen molar-refractivity contribution in [2.45, 2.75) is 0 Å². The van der Waals surface area contributed by atoms with Crippen molar-refractivity contribution < 1.29 is 13.2 Å². The summed E-state index contributed by atoms with van der Waals surface area (Å²) in [6.45, 7) is 0. The van der Waals surface area contributed by atoms with Gasteiger partial charge in [0, 0.05) is 24.4 Å². The summed E-state index contributed by atoms with van der Waals surface area (Å²) in [6.07, 6.45) is 1.21. The van der Waals surface area contributed by atoms with E-state index in [2.05, 4.69) is 0 Å². The molecular formula is C17H8Cl2F3NO. The van der Waals surface area contributed by atoms with Gasteiger partial charge >= 0.3 is 0 Å². The van der Waals surface area contributed by atoms with E-state index in [1.165, 1.54) is 10.8 Å². The molecule has 0 spiro atoms. The Morgan fingerprint density at radius 1 is 0.875 bits per heavy atom. The van der Waals surface area contributed by atoms with Crippen LogP contribution < -0.4 is 5.43 Å². The molecule has 0 radical (unpaired) electrons. The highest BCUT2D eigenvalue weighted by molar-refractivity contribution is 6.32. The average Bonchev–Trinajstić information content (AvgIpc) is 2.50. The minimum absolute atomic E-state index is 0.132. The van der Waals surface area contributed by atoms with Crippen molar-refractivity contribution in [2.75, 3.05) is 0 Å². The standard InChI is InChI=1S/C17H8Cl2F3NO/c18-10-3-1-2-4-14(10)23-8-11(19)16(24)7-15(23)17-12(21)5-9(20)6-13(17)22/h1-8H. The average molecular weight is 370 g/mol. The zero-order valence-electron chi connectivity index (χ0n) is 11.9. The van der Waals surface area contributed by atoms with Crippen LogP contribution in [0.2, 0.25) is 10.0 Å². The van der Waals surface area contributed by atoms with E-state index in [4.69, 9.17) is 23.2 Å². The summed E-state index contributed by atoms with van der Waals surface area (Å²) >= 11 is 12.0. The summed E-state index contributed by atoms with van der Waals surface area (Å²) < 4.78 is 42.8. The smallest absolute Gasteiger partial charge is 0.200 e. The monoisotopic (exact) mass is 369 g/mol. The minimum Gasteiger partial charge on any atom is -0.313 e. The predicted molar refractivity (Wildman–Crippen MR) is 87.4 cm³/mol. The van der Waals surface area contributed by atoms with Crippen LogP contribution in [0, 0.1) is 17.5 Å². The lowest BCUT2D eigenvalue weighted by molar-refractivity contribution is 0.547. The van der Waals surface area contributed by atoms with Crippen molar-refractivity contribution in [3.8, 4) is 16.9 Å². The number of halogens is 5. The van der Waals surface area contributed by atoms with Crippen LogP contribution in [0.25, 0.3) is 16.9 Å². The summed E-state index contributed by atoms with van der Waals surface area (Å²) in [6, 6.07) is 8.55. The minimum atomic E-state index is -1.14. The molecule has 0 bridgehead atoms. The molecule has 122 valence electrons. The molecule has 0 aliphatic heterocycles. The van der Waals surface area contributed by atoms with E-state index in [1.54, 1.807) is 24.3 Å². The van der Waals surface area contributed by atoms with E-state index in [1.807, 2.05) is 0 Å². The SMILES string of the molecule is O=c1cc(-c2c(F)cc(F)cc2F)n(-c2ccccc2Cl)cc1Cl. The quantitative estimate of drug-likeness (QED) is 0.606. The molecule has 3 rings (SSSR count). The van der Waals surface area contributed by atoms with E-state index >= 15 is 0 Å². The Bertz CT molecular complexity index is 978. The van der Waals surface area contributed by atoms with Gasteiger partial charge in [0.1, 0.15) is 22.5 Å². The van der Waals surface area contributed by atoms with Crippen LogP contribution in [0.1, 0.15) is 0 Å². The van der Waals surface area contributed by atoms with Gasteiger partial charge in [0.15, 0.2) is 0 Å². The third-order valence-corrected chi connectivity index (χ3v) is 3.98. The predicted octanol–water partition coefficient (Wildman–Crippen LogP) is 5.23. The van der Waals surface area contributed by atoms with Crippen LogP contribution >= 0.6 is 23.2 Å². The second-order valence-electron chi connectivity index (χ2n) is 4.94. The lowest BCUT2D eigenvalue weighted by atomic mass is 10.1. The molecule has 0 atom stereocenters. The highest BCUT2D eigenvalue weighted by atomic mass is 35.5. The summed E-state index contributed by atoms with van der Waals surface area (Å²) in [5.41, 5.74) is -0.949. The molecule has 0 unspecified atom stereocenters. The van der Waals surface area contributed by atoms with E-state index in [-0.39, 0.29) is 15.7 Å². The highest BCUT2D eigenvalue weighted by Crippen LogP contribution is 2.31. The number of pyridine rings is 1. The number of nitrogens with zero attached hydrogens (tertiary/aromatic N) is 1. The molecule has 0 aliphatic carbocycles. The Labute approximate surface area is 144 Å². The number of hydrogen-bond donors (Lipinski definition) is 0. The maximum absolute atomic E-state index is 14.2. The first-order chi connectivity index (χ1) is 11.4. The lowest BCUT2D eigenvalue weighted by Gasteiger charge is -2.16. The van der Waals surface area contributed by atoms with Crippen LogP contribution in [0.3, 0.4) is 0 Å². The Hall–Kier alpha value is -2.24. The number of benzene rings is 2. The van der Waals surface area contributed by atoms with Crippen LogP contribution in [0.15, 0.2) is 53.5 Å². The summed E-state index contributed by atoms with van der Waals surface area (Å²) in [4.78, 5) is 11.9. The first-order valence-corrected chi connectivity index (χ1v) is 7.46. The molecule has 0 fully saturated rings. The number of rotatable bonds is 2. The molecule has 24 heavy (non-hydrogen) atoms. The molecule has 1 aromatic heterocycles. The number of para-hydroxylation sites is 1. The molecule has 0 saturated carbocycles. The van der Waals surface area contributed by atoms with Gasteiger partial charge in [-0.15, -0.1) is 0 Å². The van der Waals surface area contributed by atoms with E-state index in [0.717, 1.165) is 6.07 Å². The van der Waals surface area contributed by atoms with Crippen molar-refractivity contribution in [3.05, 3.63) is 86.4 Å². The van der Waals surface area contributed by atoms with Gasteiger partial charge in [0.25, 0.3) is 0 Å². The second-order valence-corrected chi connectivity index (χ2v) is 5.75. The first-order valence-electron chi connectivity index (χ1n) is 6.70. The van der Waals surface area contributed by atoms with Gasteiger partial charge in [-0.05, 0) is 12.1 Å². The Balaban J connectivity index is 2.40. The zero-order chi connectivity index (χ0) is 17.4. The Morgan fingerprint density at radius 2 is 1.50 bits per heavy atom. The summed E-state index contributed by atoms with van der Waals surface area (Å²) in [5, 5.41) is 0.128. The molecule has 7 heteroatoms. The van der Waals surface area contributed by atoms with Crippen LogP contribution in [-0.2, 0) is 0 Å². The van der Waals surface area contributed by atoms with Gasteiger partial charge < -0.3 is 4.57 Å². The zero-order valence-corrected chi connectivity index (χ0v) is 13.4. The largest absolute Gasteiger partial charge is 0.313 e. The van der Waals surface area contributed by atoms with Gasteiger partial charge in [-0.1, -0.05) is 35.3 Å². The molecule has 0 aliphatic rings. The van der Waals surface area contributed by atoms with Crippen molar-refractivity contribution in [2.24, 2.45) is 0 Å². The topological polar surface area (TPSA) is 22.0 Å². The lowest BCUT2D eigenvalue weighted by Crippen LogP contribution is -2.11. The van der Waals surface area contributed by atoms with Gasteiger partial charge in [-0.25, -0.2) is 13.2 Å². The van der Waals surface area contributed by atoms with Crippen molar-refractivity contribution in [1.29, 1.82) is 0 Å². The van der Waals surface area contributed by atoms with Crippen molar-refractivity contribution >= 4 is 23.2 Å². The number of aromatic nitrogens is 1. The molecule has 0 saturated heterocycles. The van der Waals surface area contributed by atoms with Gasteiger partial charge in [-0.3, -0.25) is 4.79 Å². The van der Waals surface area contributed by atoms with Crippen molar-refractivity contribution in [1.82, 2.24) is 4.57 Å². The van der Waals surface area contributed by atoms with Gasteiger partial charge in [0.05, 0.1) is 22.0 Å². The normalized spacial score (nSPS) is 10.9. The third kappa shape index (κ3) is 2.92. The van der Waals surface area contributed by atoms with Crippen molar-refractivity contribution in [3.63, 3.8) is 0 Å². The van der Waals surface area contributed by atoms with Crippen LogP contribution in [-0.4, -0.2) is 4.57 Å². The molecule has 1 heterocycles. The fraction of sp³-hybridized carbons (Fsp3) is 0. The Kier molecular flexibility index (Phi) is 4.39. The molecule has 2 aromatic carbocycles. The second kappa shape index (κ2) is 6.34. The fourth-order valence-electron chi connectivity index (χ4n) is 2.34. The first kappa shape index (κ1) is 16.6. The van der Waals surface area contributed by atoms with E-state index in [0.29, 0.717) is 17.8 Å². The molecular weight excluding hydrogens is 362 g/mol. The molecule has 0 N–H and O–H groups in total. The molecule has 3 aromatic rings. The summed E-state index contributed by atoms with van der Waals surface area (Å²) in [5.74, 6) is -3.35. The molecule has 2 nitrogen and oxygen atoms in total.